The molecule has 1 atom stereocenters. The molecule has 1 saturated carbocycles. The van der Waals surface area contributed by atoms with E-state index >= 15 is 0 Å². The van der Waals surface area contributed by atoms with Crippen LogP contribution in [0.2, 0.25) is 0 Å². The summed E-state index contributed by atoms with van der Waals surface area (Å²) in [5.74, 6) is 0.143. The van der Waals surface area contributed by atoms with E-state index < -0.39 is 21.4 Å². The predicted octanol–water partition coefficient (Wildman–Crippen LogP) is 5.77. The van der Waals surface area contributed by atoms with Crippen molar-refractivity contribution in [1.82, 2.24) is 5.32 Å². The Morgan fingerprint density at radius 3 is 2.38 bits per heavy atom. The molecule has 1 aliphatic carbocycles. The van der Waals surface area contributed by atoms with E-state index in [9.17, 15) is 4.79 Å². The number of amides is 1. The van der Waals surface area contributed by atoms with Crippen LogP contribution in [0, 0.1) is 11.3 Å². The fourth-order valence-corrected chi connectivity index (χ4v) is 3.02. The smallest absolute Gasteiger partial charge is 0.408 e. The third kappa shape index (κ3) is 10.5. The largest absolute Gasteiger partial charge is 0.474 e. The van der Waals surface area contributed by atoms with Crippen LogP contribution >= 0.6 is 34.8 Å². The second-order valence-corrected chi connectivity index (χ2v) is 9.84. The summed E-state index contributed by atoms with van der Waals surface area (Å²) in [6.45, 7) is 5.57. The van der Waals surface area contributed by atoms with Gasteiger partial charge in [-0.3, -0.25) is 5.41 Å². The van der Waals surface area contributed by atoms with Crippen LogP contribution in [-0.4, -0.2) is 34.0 Å². The summed E-state index contributed by atoms with van der Waals surface area (Å²) < 4.78 is 8.56. The number of hydrogen-bond acceptors (Lipinski definition) is 4. The number of ether oxygens (including phenoxy) is 2. The van der Waals surface area contributed by atoms with Crippen LogP contribution in [0.5, 0.6) is 0 Å². The summed E-state index contributed by atoms with van der Waals surface area (Å²) in [4.78, 5) is 12.1. The lowest BCUT2D eigenvalue weighted by atomic mass is 9.85. The SMILES string of the molecule is CC(C)(C)OC(=O)N[C@H](/C=C/COC(=N)C(Cl)(Cl)Cl)CC1CCCCC1. The van der Waals surface area contributed by atoms with E-state index in [4.69, 9.17) is 49.7 Å². The molecule has 5 nitrogen and oxygen atoms in total. The second kappa shape index (κ2) is 10.6. The quantitative estimate of drug-likeness (QED) is 0.244. The number of halogens is 3. The number of rotatable bonds is 6. The van der Waals surface area contributed by atoms with Crippen LogP contribution in [0.15, 0.2) is 12.2 Å². The number of alkyl carbamates (subject to hydrolysis) is 1. The third-order valence-electron chi connectivity index (χ3n) is 3.96. The summed E-state index contributed by atoms with van der Waals surface area (Å²) in [7, 11) is 0. The molecule has 0 aromatic heterocycles. The highest BCUT2D eigenvalue weighted by atomic mass is 35.6. The molecular weight excluding hydrogens is 399 g/mol. The molecule has 0 aromatic rings. The highest BCUT2D eigenvalue weighted by molar-refractivity contribution is 6.76. The lowest BCUT2D eigenvalue weighted by molar-refractivity contribution is 0.0507. The van der Waals surface area contributed by atoms with Gasteiger partial charge in [0.05, 0.1) is 6.04 Å². The zero-order valence-corrected chi connectivity index (χ0v) is 17.9. The first kappa shape index (κ1) is 23.4. The summed E-state index contributed by atoms with van der Waals surface area (Å²) in [6.07, 6.45) is 10.1. The molecule has 0 radical (unpaired) electrons. The van der Waals surface area contributed by atoms with Crippen molar-refractivity contribution in [3.63, 3.8) is 0 Å². The summed E-state index contributed by atoms with van der Waals surface area (Å²) in [6, 6.07) is -0.168. The van der Waals surface area contributed by atoms with Gasteiger partial charge in [-0.2, -0.15) is 0 Å². The van der Waals surface area contributed by atoms with Gasteiger partial charge in [-0.1, -0.05) is 73.0 Å². The van der Waals surface area contributed by atoms with Gasteiger partial charge in [0.2, 0.25) is 5.90 Å². The van der Waals surface area contributed by atoms with E-state index in [0.29, 0.717) is 5.92 Å². The standard InChI is InChI=1S/C18H29Cl3N2O3/c1-17(2,3)26-16(24)23-14(12-13-8-5-4-6-9-13)10-7-11-25-15(22)18(19,20)21/h7,10,13-14,22H,4-6,8-9,11-12H2,1-3H3,(H,23,24)/b10-7+,22-15?/t14-/m1/s1. The maximum Gasteiger partial charge on any atom is 0.408 e. The number of alkyl halides is 3. The van der Waals surface area contributed by atoms with Crippen molar-refractivity contribution in [1.29, 1.82) is 5.41 Å². The average molecular weight is 428 g/mol. The molecule has 1 rings (SSSR count). The van der Waals surface area contributed by atoms with Gasteiger partial charge in [-0.25, -0.2) is 4.79 Å². The third-order valence-corrected chi connectivity index (χ3v) is 4.48. The number of carbonyl (C=O) groups is 1. The molecule has 150 valence electrons. The van der Waals surface area contributed by atoms with Crippen molar-refractivity contribution in [2.24, 2.45) is 5.92 Å². The summed E-state index contributed by atoms with van der Waals surface area (Å²) >= 11 is 16.7. The highest BCUT2D eigenvalue weighted by Gasteiger charge is 2.28. The number of nitrogens with one attached hydrogen (secondary N) is 2. The molecule has 2 N–H and O–H groups in total. The minimum atomic E-state index is -1.87. The van der Waals surface area contributed by atoms with Gasteiger partial charge in [-0.15, -0.1) is 0 Å². The Hall–Kier alpha value is -0.650. The summed E-state index contributed by atoms with van der Waals surface area (Å²) in [5, 5.41) is 10.4. The average Bonchev–Trinajstić information content (AvgIpc) is 2.49. The fraction of sp³-hybridized carbons (Fsp3) is 0.778. The Morgan fingerprint density at radius 1 is 1.23 bits per heavy atom. The fourth-order valence-electron chi connectivity index (χ4n) is 2.86. The molecule has 1 amide bonds. The Kier molecular flexibility index (Phi) is 9.56. The minimum Gasteiger partial charge on any atom is -0.474 e. The molecule has 1 aliphatic rings. The molecular formula is C18H29Cl3N2O3. The number of carbonyl (C=O) groups excluding carboxylic acids is 1. The van der Waals surface area contributed by atoms with Gasteiger partial charge in [0.1, 0.15) is 12.2 Å². The molecule has 0 unspecified atom stereocenters. The normalized spacial score (nSPS) is 17.8. The Bertz CT molecular complexity index is 493. The molecule has 1 fully saturated rings. The van der Waals surface area contributed by atoms with Crippen molar-refractivity contribution >= 4 is 46.8 Å². The van der Waals surface area contributed by atoms with E-state index in [-0.39, 0.29) is 12.6 Å². The zero-order valence-electron chi connectivity index (χ0n) is 15.6. The van der Waals surface area contributed by atoms with E-state index in [0.717, 1.165) is 6.42 Å². The lowest BCUT2D eigenvalue weighted by Crippen LogP contribution is -2.39. The molecule has 0 bridgehead atoms. The van der Waals surface area contributed by atoms with Crippen LogP contribution in [0.25, 0.3) is 0 Å². The van der Waals surface area contributed by atoms with Gasteiger partial charge in [0, 0.05) is 0 Å². The lowest BCUT2D eigenvalue weighted by Gasteiger charge is -2.27. The maximum atomic E-state index is 12.1. The monoisotopic (exact) mass is 426 g/mol. The van der Waals surface area contributed by atoms with Crippen molar-refractivity contribution < 1.29 is 14.3 Å². The first-order chi connectivity index (χ1) is 12.0. The molecule has 0 aliphatic heterocycles. The van der Waals surface area contributed by atoms with Crippen LogP contribution in [0.4, 0.5) is 4.79 Å². The predicted molar refractivity (Wildman–Crippen MR) is 107 cm³/mol. The van der Waals surface area contributed by atoms with Gasteiger partial charge in [-0.05, 0) is 39.2 Å². The van der Waals surface area contributed by atoms with Crippen molar-refractivity contribution in [3.8, 4) is 0 Å². The van der Waals surface area contributed by atoms with Crippen molar-refractivity contribution in [2.45, 2.75) is 74.7 Å². The van der Waals surface area contributed by atoms with Crippen LogP contribution in [-0.2, 0) is 9.47 Å². The highest BCUT2D eigenvalue weighted by Crippen LogP contribution is 2.28. The molecule has 8 heteroatoms. The molecule has 0 heterocycles. The molecule has 0 spiro atoms. The van der Waals surface area contributed by atoms with E-state index in [1.165, 1.54) is 32.1 Å². The Balaban J connectivity index is 2.59. The Labute approximate surface area is 171 Å². The first-order valence-corrected chi connectivity index (χ1v) is 10.1. The Morgan fingerprint density at radius 2 is 1.85 bits per heavy atom. The van der Waals surface area contributed by atoms with Gasteiger partial charge < -0.3 is 14.8 Å². The van der Waals surface area contributed by atoms with E-state index in [2.05, 4.69) is 5.32 Å². The number of hydrogen-bond donors (Lipinski definition) is 2. The minimum absolute atomic E-state index is 0.0872. The summed E-state index contributed by atoms with van der Waals surface area (Å²) in [5.41, 5.74) is -0.550. The molecule has 0 aromatic carbocycles. The van der Waals surface area contributed by atoms with Crippen molar-refractivity contribution in [3.05, 3.63) is 12.2 Å². The van der Waals surface area contributed by atoms with Crippen molar-refractivity contribution in [2.75, 3.05) is 6.61 Å². The van der Waals surface area contributed by atoms with Crippen LogP contribution < -0.4 is 5.32 Å². The molecule has 26 heavy (non-hydrogen) atoms. The van der Waals surface area contributed by atoms with Crippen LogP contribution in [0.3, 0.4) is 0 Å². The molecule has 0 saturated heterocycles. The van der Waals surface area contributed by atoms with E-state index in [1.54, 1.807) is 6.08 Å². The van der Waals surface area contributed by atoms with Gasteiger partial charge >= 0.3 is 6.09 Å². The van der Waals surface area contributed by atoms with Gasteiger partial charge in [0.15, 0.2) is 0 Å². The second-order valence-electron chi connectivity index (χ2n) is 7.56. The maximum absolute atomic E-state index is 12.1. The topological polar surface area (TPSA) is 71.4 Å². The first-order valence-electron chi connectivity index (χ1n) is 8.92. The van der Waals surface area contributed by atoms with Gasteiger partial charge in [0.25, 0.3) is 3.79 Å². The zero-order chi connectivity index (χ0) is 19.8. The van der Waals surface area contributed by atoms with Crippen LogP contribution in [0.1, 0.15) is 59.3 Å². The van der Waals surface area contributed by atoms with E-state index in [1.807, 2.05) is 26.8 Å².